The summed E-state index contributed by atoms with van der Waals surface area (Å²) in [7, 11) is 0. The van der Waals surface area contributed by atoms with Crippen LogP contribution in [0.4, 0.5) is 4.39 Å². The molecule has 0 aliphatic heterocycles. The van der Waals surface area contributed by atoms with Gasteiger partial charge in [-0.15, -0.1) is 16.9 Å². The van der Waals surface area contributed by atoms with Gasteiger partial charge in [-0.05, 0) is 41.1 Å². The fraction of sp³-hybridized carbons (Fsp3) is 0.111. The van der Waals surface area contributed by atoms with Crippen molar-refractivity contribution in [1.82, 2.24) is 0 Å². The molecule has 0 bridgehead atoms. The second kappa shape index (κ2) is 8.82. The van der Waals surface area contributed by atoms with E-state index in [2.05, 4.69) is 31.2 Å². The van der Waals surface area contributed by atoms with E-state index < -0.39 is 0 Å². The predicted octanol–water partition coefficient (Wildman–Crippen LogP) is 1.88. The maximum Gasteiger partial charge on any atom is 2.00 e. The summed E-state index contributed by atoms with van der Waals surface area (Å²) in [6.07, 6.45) is 0.926. The minimum Gasteiger partial charge on any atom is -1.00 e. The monoisotopic (exact) mass is 384 g/mol. The van der Waals surface area contributed by atoms with E-state index in [4.69, 9.17) is 0 Å². The van der Waals surface area contributed by atoms with Crippen LogP contribution in [0.3, 0.4) is 0 Å². The molecule has 1 aromatic heterocycles. The molecule has 4 heteroatoms. The fourth-order valence-electron chi connectivity index (χ4n) is 2.16. The van der Waals surface area contributed by atoms with Gasteiger partial charge in [0.1, 0.15) is 5.82 Å². The maximum atomic E-state index is 12.9. The van der Waals surface area contributed by atoms with Crippen molar-refractivity contribution in [1.29, 1.82) is 0 Å². The van der Waals surface area contributed by atoms with Crippen molar-refractivity contribution >= 4 is 34.4 Å². The first-order valence-corrected chi connectivity index (χ1v) is 7.34. The van der Waals surface area contributed by atoms with Crippen LogP contribution in [-0.4, -0.2) is 23.1 Å². The molecule has 1 heterocycles. The molecule has 0 nitrogen and oxygen atoms in total. The van der Waals surface area contributed by atoms with Gasteiger partial charge < -0.3 is 17.0 Å². The number of benzene rings is 2. The van der Waals surface area contributed by atoms with Gasteiger partial charge in [-0.25, -0.2) is 4.39 Å². The van der Waals surface area contributed by atoms with Gasteiger partial charge in [0, 0.05) is 4.88 Å². The van der Waals surface area contributed by atoms with Crippen molar-refractivity contribution in [3.8, 4) is 10.4 Å². The Kier molecular flexibility index (Phi) is 7.76. The van der Waals surface area contributed by atoms with Crippen LogP contribution in [0.2, 0.25) is 0 Å². The molecule has 3 aromatic rings. The molecule has 0 atom stereocenters. The summed E-state index contributed by atoms with van der Waals surface area (Å²) in [6, 6.07) is 20.1. The molecule has 0 aliphatic rings. The van der Waals surface area contributed by atoms with Crippen LogP contribution in [0.25, 0.3) is 10.4 Å². The van der Waals surface area contributed by atoms with Crippen LogP contribution < -0.4 is 17.0 Å². The molecule has 0 amide bonds. The van der Waals surface area contributed by atoms with Crippen LogP contribution >= 0.6 is 11.3 Å². The fourth-order valence-corrected chi connectivity index (χ4v) is 3.20. The second-order valence-electron chi connectivity index (χ2n) is 4.80. The van der Waals surface area contributed by atoms with Gasteiger partial charge in [0.2, 0.25) is 0 Å². The van der Waals surface area contributed by atoms with Gasteiger partial charge in [0.05, 0.1) is 0 Å². The number of hydrogen-bond donors (Lipinski definition) is 0. The van der Waals surface area contributed by atoms with Crippen LogP contribution in [0.1, 0.15) is 16.0 Å². The molecule has 0 saturated heterocycles. The molecule has 2 aromatic carbocycles. The van der Waals surface area contributed by atoms with E-state index in [-0.39, 0.29) is 45.9 Å². The molecule has 0 aliphatic carbocycles. The topological polar surface area (TPSA) is 0 Å². The molecule has 0 saturated carbocycles. The van der Waals surface area contributed by atoms with E-state index in [9.17, 15) is 4.39 Å². The largest absolute Gasteiger partial charge is 2.00 e. The Balaban J connectivity index is 0.00000121. The Hall–Kier alpha value is -0.684. The molecular formula is C18H14BrFMgS. The third-order valence-electron chi connectivity index (χ3n) is 3.35. The minimum absolute atomic E-state index is 0. The zero-order valence-electron chi connectivity index (χ0n) is 12.3. The van der Waals surface area contributed by atoms with Crippen LogP contribution in [0.5, 0.6) is 0 Å². The van der Waals surface area contributed by atoms with Crippen LogP contribution in [0, 0.1) is 18.8 Å². The molecule has 0 fully saturated rings. The van der Waals surface area contributed by atoms with Gasteiger partial charge in [0.25, 0.3) is 0 Å². The van der Waals surface area contributed by atoms with Crippen molar-refractivity contribution in [2.24, 2.45) is 0 Å². The van der Waals surface area contributed by atoms with Gasteiger partial charge >= 0.3 is 23.1 Å². The number of rotatable bonds is 3. The first-order valence-electron chi connectivity index (χ1n) is 6.52. The quantitative estimate of drug-likeness (QED) is 0.477. The van der Waals surface area contributed by atoms with Gasteiger partial charge in [-0.3, -0.25) is 0 Å². The Bertz CT molecular complexity index is 722. The molecule has 22 heavy (non-hydrogen) atoms. The Labute approximate surface area is 161 Å². The summed E-state index contributed by atoms with van der Waals surface area (Å²) in [5.41, 5.74) is 3.67. The third kappa shape index (κ3) is 4.65. The predicted molar refractivity (Wildman–Crippen MR) is 88.3 cm³/mol. The van der Waals surface area contributed by atoms with Gasteiger partial charge in [0.15, 0.2) is 0 Å². The summed E-state index contributed by atoms with van der Waals surface area (Å²) in [4.78, 5) is 2.49. The third-order valence-corrected chi connectivity index (χ3v) is 4.48. The zero-order valence-corrected chi connectivity index (χ0v) is 16.1. The number of halogens is 2. The Morgan fingerprint density at radius 3 is 2.45 bits per heavy atom. The van der Waals surface area contributed by atoms with E-state index in [1.54, 1.807) is 11.3 Å². The summed E-state index contributed by atoms with van der Waals surface area (Å²) in [5.74, 6) is -0.194. The maximum absolute atomic E-state index is 12.9. The first kappa shape index (κ1) is 19.4. The Morgan fingerprint density at radius 2 is 1.77 bits per heavy atom. The average molecular weight is 386 g/mol. The molecule has 0 radical (unpaired) electrons. The Morgan fingerprint density at radius 1 is 1.05 bits per heavy atom. The van der Waals surface area contributed by atoms with Crippen molar-refractivity contribution in [2.75, 3.05) is 0 Å². The molecular weight excluding hydrogens is 371 g/mol. The number of thiophene rings is 1. The van der Waals surface area contributed by atoms with Crippen molar-refractivity contribution in [3.05, 3.63) is 82.5 Å². The van der Waals surface area contributed by atoms with Crippen LogP contribution in [-0.2, 0) is 6.42 Å². The number of hydrogen-bond acceptors (Lipinski definition) is 1. The second-order valence-corrected chi connectivity index (χ2v) is 5.97. The summed E-state index contributed by atoms with van der Waals surface area (Å²) >= 11 is 1.76. The molecule has 108 valence electrons. The standard InChI is InChI=1S/C18H14FS.BrH.Mg/c1-13-4-2-3-5-15(13)12-17-10-11-18(20-17)14-6-8-16(19)9-7-14;;/h2,4-11H,12H2,1H3;1H;/q-1;;+2/p-1. The minimum atomic E-state index is -0.194. The normalized spacial score (nSPS) is 9.73. The average Bonchev–Trinajstić information content (AvgIpc) is 2.91. The van der Waals surface area contributed by atoms with E-state index in [1.165, 1.54) is 33.0 Å². The number of aryl methyl sites for hydroxylation is 1. The molecule has 0 N–H and O–H groups in total. The van der Waals surface area contributed by atoms with Crippen LogP contribution in [0.15, 0.2) is 54.6 Å². The van der Waals surface area contributed by atoms with E-state index in [0.717, 1.165) is 12.0 Å². The smallest absolute Gasteiger partial charge is 1.00 e. The first-order chi connectivity index (χ1) is 9.72. The summed E-state index contributed by atoms with van der Waals surface area (Å²) in [6.45, 7) is 2.12. The molecule has 0 unspecified atom stereocenters. The molecule has 3 rings (SSSR count). The van der Waals surface area contributed by atoms with E-state index in [1.807, 2.05) is 24.3 Å². The van der Waals surface area contributed by atoms with Crippen molar-refractivity contribution in [2.45, 2.75) is 13.3 Å². The van der Waals surface area contributed by atoms with Crippen molar-refractivity contribution in [3.63, 3.8) is 0 Å². The van der Waals surface area contributed by atoms with E-state index in [0.29, 0.717) is 0 Å². The van der Waals surface area contributed by atoms with Gasteiger partial charge in [-0.1, -0.05) is 19.1 Å². The van der Waals surface area contributed by atoms with Crippen molar-refractivity contribution < 1.29 is 21.4 Å². The SMILES string of the molecule is Cc1cc[c-]cc1Cc1ccc(-c2ccc(F)cc2)s1.[Br-].[Mg+2]. The van der Waals surface area contributed by atoms with Gasteiger partial charge in [-0.2, -0.15) is 29.8 Å². The molecule has 0 spiro atoms. The van der Waals surface area contributed by atoms with E-state index >= 15 is 0 Å². The zero-order chi connectivity index (χ0) is 13.9. The summed E-state index contributed by atoms with van der Waals surface area (Å²) < 4.78 is 12.9. The summed E-state index contributed by atoms with van der Waals surface area (Å²) in [5, 5.41) is 0.